The zero-order valence-electron chi connectivity index (χ0n) is 10.2. The minimum Gasteiger partial charge on any atom is -0.506 e. The van der Waals surface area contributed by atoms with Gasteiger partial charge in [0.05, 0.1) is 5.69 Å². The fourth-order valence-electron chi connectivity index (χ4n) is 1.69. The molecule has 0 saturated heterocycles. The number of nitrogens with one attached hydrogen (secondary N) is 1. The number of amides is 1. The molecule has 0 bridgehead atoms. The number of carbonyl (C=O) groups is 1. The second-order valence-corrected chi connectivity index (χ2v) is 4.10. The summed E-state index contributed by atoms with van der Waals surface area (Å²) < 4.78 is 1.71. The Morgan fingerprint density at radius 3 is 2.53 bits per heavy atom. The van der Waals surface area contributed by atoms with Crippen molar-refractivity contribution in [3.8, 4) is 5.75 Å². The quantitative estimate of drug-likeness (QED) is 0.365. The average molecular weight is 259 g/mol. The molecule has 0 atom stereocenters. The van der Waals surface area contributed by atoms with Crippen LogP contribution in [0, 0.1) is 0 Å². The summed E-state index contributed by atoms with van der Waals surface area (Å²) >= 11 is 0. The molecule has 1 heterocycles. The summed E-state index contributed by atoms with van der Waals surface area (Å²) in [5, 5.41) is 12.3. The molecule has 0 fully saturated rings. The first-order valence-corrected chi connectivity index (χ1v) is 5.68. The van der Waals surface area contributed by atoms with Crippen molar-refractivity contribution in [3.63, 3.8) is 0 Å². The molecule has 98 valence electrons. The van der Waals surface area contributed by atoms with Crippen molar-refractivity contribution >= 4 is 23.0 Å². The highest BCUT2D eigenvalue weighted by molar-refractivity contribution is 5.95. The van der Waals surface area contributed by atoms with Gasteiger partial charge in [-0.2, -0.15) is 4.57 Å². The maximum absolute atomic E-state index is 11.8. The van der Waals surface area contributed by atoms with Crippen molar-refractivity contribution in [2.75, 3.05) is 16.8 Å². The molecule has 1 aromatic heterocycles. The molecular weight excluding hydrogens is 244 g/mol. The molecule has 2 rings (SSSR count). The Morgan fingerprint density at radius 2 is 1.89 bits per heavy atom. The number of carbonyl (C=O) groups excluding carboxylic acids is 1. The van der Waals surface area contributed by atoms with Crippen molar-refractivity contribution in [1.29, 1.82) is 0 Å². The van der Waals surface area contributed by atoms with E-state index >= 15 is 0 Å². The lowest BCUT2D eigenvalue weighted by molar-refractivity contribution is -0.684. The smallest absolute Gasteiger partial charge is 0.290 e. The van der Waals surface area contributed by atoms with Gasteiger partial charge in [-0.3, -0.25) is 4.79 Å². The van der Waals surface area contributed by atoms with E-state index < -0.39 is 0 Å². The Balaban J connectivity index is 2.12. The van der Waals surface area contributed by atoms with E-state index in [9.17, 15) is 9.90 Å². The van der Waals surface area contributed by atoms with E-state index in [4.69, 9.17) is 11.5 Å². The van der Waals surface area contributed by atoms with Crippen molar-refractivity contribution in [2.45, 2.75) is 6.54 Å². The molecule has 1 amide bonds. The number of anilines is 3. The highest BCUT2D eigenvalue weighted by atomic mass is 16.3. The molecule has 0 unspecified atom stereocenters. The Morgan fingerprint density at radius 1 is 1.21 bits per heavy atom. The van der Waals surface area contributed by atoms with Gasteiger partial charge in [0.15, 0.2) is 12.4 Å². The van der Waals surface area contributed by atoms with E-state index in [0.717, 1.165) is 0 Å². The van der Waals surface area contributed by atoms with Crippen LogP contribution >= 0.6 is 0 Å². The monoisotopic (exact) mass is 259 g/mol. The zero-order valence-corrected chi connectivity index (χ0v) is 10.2. The highest BCUT2D eigenvalue weighted by Gasteiger charge is 2.14. The number of hydrogen-bond donors (Lipinski definition) is 4. The Labute approximate surface area is 110 Å². The van der Waals surface area contributed by atoms with Crippen molar-refractivity contribution in [3.05, 3.63) is 42.7 Å². The van der Waals surface area contributed by atoms with E-state index in [1.807, 2.05) is 18.2 Å². The maximum atomic E-state index is 11.8. The number of phenols is 1. The van der Waals surface area contributed by atoms with Gasteiger partial charge in [0.1, 0.15) is 11.4 Å². The number of nitrogens with two attached hydrogens (primary N) is 2. The topological polar surface area (TPSA) is 105 Å². The molecule has 0 saturated carbocycles. The Bertz CT molecular complexity index is 576. The number of phenolic OH excluding ortho intramolecular Hbond substituents is 1. The number of rotatable bonds is 3. The van der Waals surface area contributed by atoms with Gasteiger partial charge in [-0.1, -0.05) is 6.07 Å². The number of benzene rings is 1. The van der Waals surface area contributed by atoms with Crippen LogP contribution < -0.4 is 21.4 Å². The van der Waals surface area contributed by atoms with Crippen LogP contribution in [-0.2, 0) is 11.3 Å². The molecule has 6 nitrogen and oxygen atoms in total. The molecule has 0 spiro atoms. The fourth-order valence-corrected chi connectivity index (χ4v) is 1.69. The predicted molar refractivity (Wildman–Crippen MR) is 72.2 cm³/mol. The lowest BCUT2D eigenvalue weighted by atomic mass is 10.2. The number of nitrogens with zero attached hydrogens (tertiary/aromatic N) is 1. The number of aromatic hydroxyl groups is 1. The van der Waals surface area contributed by atoms with Crippen molar-refractivity contribution in [1.82, 2.24) is 0 Å². The van der Waals surface area contributed by atoms with Crippen LogP contribution in [0.3, 0.4) is 0 Å². The minimum atomic E-state index is -0.289. The van der Waals surface area contributed by atoms with E-state index in [1.54, 1.807) is 17.0 Å². The third-order valence-electron chi connectivity index (χ3n) is 2.54. The number of aromatic nitrogens is 1. The van der Waals surface area contributed by atoms with Crippen LogP contribution in [0.2, 0.25) is 0 Å². The first kappa shape index (κ1) is 12.7. The van der Waals surface area contributed by atoms with Crippen LogP contribution in [0.15, 0.2) is 42.7 Å². The van der Waals surface area contributed by atoms with Gasteiger partial charge in [0.25, 0.3) is 5.91 Å². The summed E-state index contributed by atoms with van der Waals surface area (Å²) in [4.78, 5) is 11.8. The standard InChI is InChI=1S/C13H14N4O2/c14-9-6-10(15)13(11(18)7-9)16-12(19)8-17-4-2-1-3-5-17/h1-7H,8,14-15H2,(H-,16,18,19)/p+1. The van der Waals surface area contributed by atoms with Crippen molar-refractivity contribution in [2.24, 2.45) is 0 Å². The molecule has 1 aromatic carbocycles. The number of pyridine rings is 1. The molecule has 0 radical (unpaired) electrons. The summed E-state index contributed by atoms with van der Waals surface area (Å²) in [6.07, 6.45) is 3.54. The van der Waals surface area contributed by atoms with Gasteiger partial charge in [-0.05, 0) is 6.07 Å². The highest BCUT2D eigenvalue weighted by Crippen LogP contribution is 2.32. The molecule has 6 heteroatoms. The Kier molecular flexibility index (Phi) is 3.51. The summed E-state index contributed by atoms with van der Waals surface area (Å²) in [5.74, 6) is -0.438. The molecule has 0 aliphatic carbocycles. The second-order valence-electron chi connectivity index (χ2n) is 4.10. The Hall–Kier alpha value is -2.76. The average Bonchev–Trinajstić information content (AvgIpc) is 2.35. The minimum absolute atomic E-state index is 0.129. The first-order chi connectivity index (χ1) is 9.06. The first-order valence-electron chi connectivity index (χ1n) is 5.68. The van der Waals surface area contributed by atoms with Crippen LogP contribution in [0.25, 0.3) is 0 Å². The normalized spacial score (nSPS) is 10.1. The third-order valence-corrected chi connectivity index (χ3v) is 2.54. The second kappa shape index (κ2) is 5.26. The molecule has 0 aliphatic heterocycles. The summed E-state index contributed by atoms with van der Waals surface area (Å²) in [6.45, 7) is 0.129. The van der Waals surface area contributed by atoms with Crippen LogP contribution in [0.4, 0.5) is 17.1 Å². The lowest BCUT2D eigenvalue weighted by Crippen LogP contribution is -2.39. The van der Waals surface area contributed by atoms with Crippen LogP contribution in [0.5, 0.6) is 5.75 Å². The molecular formula is C13H15N4O2+. The van der Waals surface area contributed by atoms with Gasteiger partial charge in [-0.25, -0.2) is 0 Å². The van der Waals surface area contributed by atoms with E-state index in [2.05, 4.69) is 5.32 Å². The number of nitrogen functional groups attached to an aromatic ring is 2. The van der Waals surface area contributed by atoms with Gasteiger partial charge >= 0.3 is 0 Å². The predicted octanol–water partition coefficient (Wildman–Crippen LogP) is 0.483. The molecule has 0 aliphatic rings. The summed E-state index contributed by atoms with van der Waals surface area (Å²) in [7, 11) is 0. The molecule has 19 heavy (non-hydrogen) atoms. The van der Waals surface area contributed by atoms with Crippen LogP contribution in [-0.4, -0.2) is 11.0 Å². The molecule has 6 N–H and O–H groups in total. The fraction of sp³-hybridized carbons (Fsp3) is 0.0769. The van der Waals surface area contributed by atoms with E-state index in [0.29, 0.717) is 5.69 Å². The van der Waals surface area contributed by atoms with E-state index in [1.165, 1.54) is 12.1 Å². The summed E-state index contributed by atoms with van der Waals surface area (Å²) in [5.41, 5.74) is 12.0. The SMILES string of the molecule is Nc1cc(N)c(NC(=O)C[n+]2ccccc2)c(O)c1. The van der Waals surface area contributed by atoms with Gasteiger partial charge in [-0.15, -0.1) is 0 Å². The van der Waals surface area contributed by atoms with E-state index in [-0.39, 0.29) is 29.6 Å². The maximum Gasteiger partial charge on any atom is 0.290 e. The van der Waals surface area contributed by atoms with Gasteiger partial charge < -0.3 is 21.9 Å². The summed E-state index contributed by atoms with van der Waals surface area (Å²) in [6, 6.07) is 8.31. The van der Waals surface area contributed by atoms with Crippen molar-refractivity contribution < 1.29 is 14.5 Å². The van der Waals surface area contributed by atoms with Crippen LogP contribution in [0.1, 0.15) is 0 Å². The zero-order chi connectivity index (χ0) is 13.8. The molecule has 2 aromatic rings. The number of hydrogen-bond acceptors (Lipinski definition) is 4. The third kappa shape index (κ3) is 3.12. The largest absolute Gasteiger partial charge is 0.506 e. The lowest BCUT2D eigenvalue weighted by Gasteiger charge is -2.09. The van der Waals surface area contributed by atoms with Gasteiger partial charge in [0.2, 0.25) is 6.54 Å². The van der Waals surface area contributed by atoms with Gasteiger partial charge in [0, 0.05) is 23.9 Å².